The Bertz CT molecular complexity index is 168. The SMILES string of the molecule is CCCCN1CCNC2CCCCC21. The number of nitrogens with zero attached hydrogens (tertiary/aromatic N) is 1. The van der Waals surface area contributed by atoms with Gasteiger partial charge in [0.2, 0.25) is 0 Å². The zero-order chi connectivity index (χ0) is 9.80. The van der Waals surface area contributed by atoms with Crippen LogP contribution in [0.15, 0.2) is 0 Å². The lowest BCUT2D eigenvalue weighted by Gasteiger charge is -2.44. The fraction of sp³-hybridized carbons (Fsp3) is 1.00. The molecule has 2 heteroatoms. The van der Waals surface area contributed by atoms with Crippen molar-refractivity contribution in [2.24, 2.45) is 0 Å². The molecule has 0 amide bonds. The zero-order valence-corrected chi connectivity index (χ0v) is 9.47. The number of nitrogens with one attached hydrogen (secondary N) is 1. The Morgan fingerprint density at radius 3 is 3.00 bits per heavy atom. The van der Waals surface area contributed by atoms with Crippen molar-refractivity contribution in [2.75, 3.05) is 19.6 Å². The summed E-state index contributed by atoms with van der Waals surface area (Å²) in [6.07, 6.45) is 8.44. The molecule has 2 rings (SSSR count). The van der Waals surface area contributed by atoms with E-state index in [9.17, 15) is 0 Å². The molecule has 2 unspecified atom stereocenters. The van der Waals surface area contributed by atoms with Crippen molar-refractivity contribution < 1.29 is 0 Å². The molecule has 0 aromatic rings. The summed E-state index contributed by atoms with van der Waals surface area (Å²) in [6.45, 7) is 6.12. The van der Waals surface area contributed by atoms with E-state index in [0.717, 1.165) is 12.1 Å². The number of hydrogen-bond donors (Lipinski definition) is 1. The Balaban J connectivity index is 1.88. The molecule has 1 saturated heterocycles. The maximum atomic E-state index is 3.69. The van der Waals surface area contributed by atoms with Gasteiger partial charge in [-0.05, 0) is 25.8 Å². The molecular weight excluding hydrogens is 172 g/mol. The maximum Gasteiger partial charge on any atom is 0.0249 e. The quantitative estimate of drug-likeness (QED) is 0.743. The monoisotopic (exact) mass is 196 g/mol. The highest BCUT2D eigenvalue weighted by atomic mass is 15.2. The number of unbranched alkanes of at least 4 members (excludes halogenated alkanes) is 1. The summed E-state index contributed by atoms with van der Waals surface area (Å²) in [6, 6.07) is 1.68. The summed E-state index contributed by atoms with van der Waals surface area (Å²) in [5, 5.41) is 3.69. The third kappa shape index (κ3) is 2.29. The van der Waals surface area contributed by atoms with Crippen molar-refractivity contribution in [2.45, 2.75) is 57.5 Å². The fourth-order valence-corrected chi connectivity index (χ4v) is 2.98. The van der Waals surface area contributed by atoms with Crippen LogP contribution in [-0.2, 0) is 0 Å². The highest BCUT2D eigenvalue weighted by molar-refractivity contribution is 4.91. The van der Waals surface area contributed by atoms with Crippen LogP contribution in [0.3, 0.4) is 0 Å². The van der Waals surface area contributed by atoms with E-state index in [1.165, 1.54) is 58.2 Å². The minimum absolute atomic E-state index is 0.814. The first-order valence-corrected chi connectivity index (χ1v) is 6.39. The number of rotatable bonds is 3. The molecule has 2 fully saturated rings. The van der Waals surface area contributed by atoms with E-state index in [1.54, 1.807) is 0 Å². The van der Waals surface area contributed by atoms with Gasteiger partial charge < -0.3 is 5.32 Å². The first kappa shape index (κ1) is 10.4. The van der Waals surface area contributed by atoms with Crippen molar-refractivity contribution >= 4 is 0 Å². The van der Waals surface area contributed by atoms with Gasteiger partial charge in [0.05, 0.1) is 0 Å². The molecule has 0 radical (unpaired) electrons. The third-order valence-electron chi connectivity index (χ3n) is 3.80. The summed E-state index contributed by atoms with van der Waals surface area (Å²) in [4.78, 5) is 2.74. The lowest BCUT2D eigenvalue weighted by Crippen LogP contribution is -2.59. The molecule has 82 valence electrons. The van der Waals surface area contributed by atoms with Crippen LogP contribution in [0.4, 0.5) is 0 Å². The van der Waals surface area contributed by atoms with E-state index in [0.29, 0.717) is 0 Å². The molecule has 2 atom stereocenters. The average Bonchev–Trinajstić information content (AvgIpc) is 2.26. The van der Waals surface area contributed by atoms with Gasteiger partial charge in [-0.1, -0.05) is 26.2 Å². The summed E-state index contributed by atoms with van der Waals surface area (Å²) in [5.41, 5.74) is 0. The Kier molecular flexibility index (Phi) is 3.82. The third-order valence-corrected chi connectivity index (χ3v) is 3.80. The summed E-state index contributed by atoms with van der Waals surface area (Å²) >= 11 is 0. The second-order valence-electron chi connectivity index (χ2n) is 4.80. The van der Waals surface area contributed by atoms with Gasteiger partial charge in [-0.2, -0.15) is 0 Å². The molecule has 2 nitrogen and oxygen atoms in total. The van der Waals surface area contributed by atoms with Crippen molar-refractivity contribution in [3.63, 3.8) is 0 Å². The molecule has 2 aliphatic rings. The van der Waals surface area contributed by atoms with Crippen LogP contribution < -0.4 is 5.32 Å². The number of fused-ring (bicyclic) bond motifs is 1. The highest BCUT2D eigenvalue weighted by Gasteiger charge is 2.32. The van der Waals surface area contributed by atoms with Gasteiger partial charge in [0, 0.05) is 25.2 Å². The van der Waals surface area contributed by atoms with E-state index in [4.69, 9.17) is 0 Å². The highest BCUT2D eigenvalue weighted by Crippen LogP contribution is 2.25. The average molecular weight is 196 g/mol. The van der Waals surface area contributed by atoms with Crippen molar-refractivity contribution in [1.82, 2.24) is 10.2 Å². The normalized spacial score (nSPS) is 34.1. The van der Waals surface area contributed by atoms with Crippen LogP contribution >= 0.6 is 0 Å². The van der Waals surface area contributed by atoms with Crippen LogP contribution in [-0.4, -0.2) is 36.6 Å². The van der Waals surface area contributed by atoms with Gasteiger partial charge in [0.1, 0.15) is 0 Å². The molecule has 1 aliphatic carbocycles. The molecule has 0 aromatic heterocycles. The van der Waals surface area contributed by atoms with Gasteiger partial charge in [-0.3, -0.25) is 4.90 Å². The van der Waals surface area contributed by atoms with Crippen molar-refractivity contribution in [3.8, 4) is 0 Å². The van der Waals surface area contributed by atoms with E-state index < -0.39 is 0 Å². The van der Waals surface area contributed by atoms with Crippen LogP contribution in [0.1, 0.15) is 45.4 Å². The van der Waals surface area contributed by atoms with Crippen LogP contribution in [0.2, 0.25) is 0 Å². The topological polar surface area (TPSA) is 15.3 Å². The first-order chi connectivity index (χ1) is 6.92. The number of hydrogen-bond acceptors (Lipinski definition) is 2. The van der Waals surface area contributed by atoms with Crippen LogP contribution in [0, 0.1) is 0 Å². The minimum Gasteiger partial charge on any atom is -0.311 e. The smallest absolute Gasteiger partial charge is 0.0249 e. The Morgan fingerprint density at radius 1 is 1.29 bits per heavy atom. The van der Waals surface area contributed by atoms with E-state index in [1.807, 2.05) is 0 Å². The van der Waals surface area contributed by atoms with Crippen molar-refractivity contribution in [3.05, 3.63) is 0 Å². The Morgan fingerprint density at radius 2 is 2.14 bits per heavy atom. The lowest BCUT2D eigenvalue weighted by molar-refractivity contribution is 0.0869. The van der Waals surface area contributed by atoms with E-state index in [2.05, 4.69) is 17.1 Å². The van der Waals surface area contributed by atoms with Gasteiger partial charge in [0.15, 0.2) is 0 Å². The molecule has 0 spiro atoms. The standard InChI is InChI=1S/C12H24N2/c1-2-3-9-14-10-8-13-11-6-4-5-7-12(11)14/h11-13H,2-10H2,1H3. The van der Waals surface area contributed by atoms with E-state index in [-0.39, 0.29) is 0 Å². The second-order valence-corrected chi connectivity index (χ2v) is 4.80. The zero-order valence-electron chi connectivity index (χ0n) is 9.47. The lowest BCUT2D eigenvalue weighted by atomic mass is 9.87. The first-order valence-electron chi connectivity index (χ1n) is 6.39. The van der Waals surface area contributed by atoms with Gasteiger partial charge >= 0.3 is 0 Å². The molecule has 0 aromatic carbocycles. The maximum absolute atomic E-state index is 3.69. The molecule has 1 aliphatic heterocycles. The van der Waals surface area contributed by atoms with Crippen LogP contribution in [0.25, 0.3) is 0 Å². The predicted octanol–water partition coefficient (Wildman–Crippen LogP) is 2.00. The second kappa shape index (κ2) is 5.13. The predicted molar refractivity (Wildman–Crippen MR) is 60.5 cm³/mol. The molecule has 0 bridgehead atoms. The Hall–Kier alpha value is -0.0800. The van der Waals surface area contributed by atoms with E-state index >= 15 is 0 Å². The molecule has 14 heavy (non-hydrogen) atoms. The molecule has 1 heterocycles. The van der Waals surface area contributed by atoms with Crippen LogP contribution in [0.5, 0.6) is 0 Å². The number of piperazine rings is 1. The Labute approximate surface area is 88.1 Å². The molecular formula is C12H24N2. The molecule has 1 N–H and O–H groups in total. The van der Waals surface area contributed by atoms with Gasteiger partial charge in [0.25, 0.3) is 0 Å². The largest absolute Gasteiger partial charge is 0.311 e. The summed E-state index contributed by atoms with van der Waals surface area (Å²) < 4.78 is 0. The van der Waals surface area contributed by atoms with Gasteiger partial charge in [-0.25, -0.2) is 0 Å². The van der Waals surface area contributed by atoms with Crippen molar-refractivity contribution in [1.29, 1.82) is 0 Å². The van der Waals surface area contributed by atoms with Gasteiger partial charge in [-0.15, -0.1) is 0 Å². The minimum atomic E-state index is 0.814. The molecule has 1 saturated carbocycles. The fourth-order valence-electron chi connectivity index (χ4n) is 2.98. The summed E-state index contributed by atoms with van der Waals surface area (Å²) in [5.74, 6) is 0. The summed E-state index contributed by atoms with van der Waals surface area (Å²) in [7, 11) is 0.